The molecule has 0 aromatic heterocycles. The Labute approximate surface area is 133 Å². The van der Waals surface area contributed by atoms with Crippen LogP contribution in [-0.2, 0) is 17.4 Å². The Balaban J connectivity index is 3.02. The van der Waals surface area contributed by atoms with Crippen LogP contribution in [0.4, 0.5) is 22.0 Å². The molecule has 1 aromatic rings. The van der Waals surface area contributed by atoms with Crippen molar-refractivity contribution in [2.45, 2.75) is 19.2 Å². The summed E-state index contributed by atoms with van der Waals surface area (Å²) < 4.78 is 71.1. The quantitative estimate of drug-likeness (QED) is 0.426. The minimum absolute atomic E-state index is 0.256. The molecule has 10 heteroatoms. The van der Waals surface area contributed by atoms with Gasteiger partial charge in [-0.15, -0.1) is 0 Å². The van der Waals surface area contributed by atoms with E-state index in [1.165, 1.54) is 0 Å². The third-order valence-corrected chi connectivity index (χ3v) is 3.06. The number of ether oxygens (including phenoxy) is 2. The highest BCUT2D eigenvalue weighted by Gasteiger charge is 2.41. The lowest BCUT2D eigenvalue weighted by Crippen LogP contribution is -2.31. The van der Waals surface area contributed by atoms with Gasteiger partial charge in [0, 0.05) is 17.1 Å². The average Bonchev–Trinajstić information content (AvgIpc) is 2.42. The first-order valence-corrected chi connectivity index (χ1v) is 6.40. The Kier molecular flexibility index (Phi) is 6.25. The van der Waals surface area contributed by atoms with Gasteiger partial charge in [0.15, 0.2) is 17.3 Å². The summed E-state index contributed by atoms with van der Waals surface area (Å²) in [6.07, 6.45) is -6.12. The van der Waals surface area contributed by atoms with Gasteiger partial charge in [-0.2, -0.15) is 22.0 Å². The second-order valence-corrected chi connectivity index (χ2v) is 4.69. The molecule has 23 heavy (non-hydrogen) atoms. The van der Waals surface area contributed by atoms with E-state index in [0.29, 0.717) is 0 Å². The van der Waals surface area contributed by atoms with Gasteiger partial charge in [-0.25, -0.2) is 0 Å². The van der Waals surface area contributed by atoms with Gasteiger partial charge in [0.2, 0.25) is 0 Å². The predicted molar refractivity (Wildman–Crippen MR) is 70.5 cm³/mol. The maximum atomic E-state index is 12.6. The monoisotopic (exact) mass is 357 g/mol. The summed E-state index contributed by atoms with van der Waals surface area (Å²) in [5, 5.41) is -1.60. The lowest BCUT2D eigenvalue weighted by Gasteiger charge is -2.21. The molecule has 0 bridgehead atoms. The molecular weight excluding hydrogens is 347 g/mol. The maximum absolute atomic E-state index is 12.6. The topological polar surface area (TPSA) is 52.6 Å². The van der Waals surface area contributed by atoms with E-state index >= 15 is 0 Å². The fraction of sp³-hybridized carbons (Fsp3) is 0.385. The maximum Gasteiger partial charge on any atom is 0.397 e. The summed E-state index contributed by atoms with van der Waals surface area (Å²) in [4.78, 5) is 22.7. The number of ketones is 1. The number of Topliss-reactive ketones (excluding diaryl/α,β-unsaturated/α-hetero) is 1. The molecular formula is C13H10F5O4S-. The van der Waals surface area contributed by atoms with Gasteiger partial charge in [0.25, 0.3) is 0 Å². The van der Waals surface area contributed by atoms with Crippen molar-refractivity contribution in [2.75, 3.05) is 7.11 Å². The molecule has 1 aromatic carbocycles. The minimum atomic E-state index is -4.95. The molecule has 0 aliphatic rings. The molecule has 0 spiro atoms. The van der Waals surface area contributed by atoms with E-state index in [0.717, 1.165) is 25.3 Å². The van der Waals surface area contributed by atoms with Crippen molar-refractivity contribution >= 4 is 23.5 Å². The van der Waals surface area contributed by atoms with Crippen LogP contribution in [0, 0.1) is 5.92 Å². The highest BCUT2D eigenvalue weighted by atomic mass is 32.1. The van der Waals surface area contributed by atoms with Crippen molar-refractivity contribution in [3.05, 3.63) is 23.8 Å². The minimum Gasteiger partial charge on any atom is -0.741 e. The number of carbonyl (C=O) groups excluding carboxylic acids is 2. The number of halogens is 5. The summed E-state index contributed by atoms with van der Waals surface area (Å²) in [7, 11) is 1.10. The largest absolute Gasteiger partial charge is 0.741 e. The second-order valence-electron chi connectivity index (χ2n) is 4.28. The number of hydrogen-bond donors (Lipinski definition) is 0. The molecule has 1 rings (SSSR count). The number of rotatable bonds is 7. The Morgan fingerprint density at radius 2 is 1.83 bits per heavy atom. The van der Waals surface area contributed by atoms with E-state index in [1.54, 1.807) is 0 Å². The fourth-order valence-electron chi connectivity index (χ4n) is 1.67. The van der Waals surface area contributed by atoms with Crippen LogP contribution in [0.5, 0.6) is 11.5 Å². The highest BCUT2D eigenvalue weighted by Crippen LogP contribution is 2.33. The standard InChI is InChI=1S/C13H11F5O4S/c1-21-10-4-6(2-3-9(10)22-12(14)15)8(19)5-7(11(20)23)13(16,17)18/h2-4,7,12H,5H2,1H3,(H,20,23)/p-1. The molecule has 0 heterocycles. The Hall–Kier alpha value is -1.97. The predicted octanol–water partition coefficient (Wildman–Crippen LogP) is 3.12. The molecule has 0 radical (unpaired) electrons. The van der Waals surface area contributed by atoms with Gasteiger partial charge < -0.3 is 26.9 Å². The van der Waals surface area contributed by atoms with Crippen LogP contribution in [-0.4, -0.2) is 30.8 Å². The van der Waals surface area contributed by atoms with Gasteiger partial charge >= 0.3 is 12.8 Å². The summed E-state index contributed by atoms with van der Waals surface area (Å²) >= 11 is 3.99. The van der Waals surface area contributed by atoms with E-state index < -0.39 is 36.0 Å². The Morgan fingerprint density at radius 3 is 2.26 bits per heavy atom. The molecule has 0 saturated carbocycles. The molecule has 0 amide bonds. The zero-order valence-electron chi connectivity index (χ0n) is 11.5. The highest BCUT2D eigenvalue weighted by molar-refractivity contribution is 7.77. The first-order valence-electron chi connectivity index (χ1n) is 6.00. The van der Waals surface area contributed by atoms with Crippen LogP contribution in [0.3, 0.4) is 0 Å². The van der Waals surface area contributed by atoms with Gasteiger partial charge in [0.1, 0.15) is 0 Å². The van der Waals surface area contributed by atoms with E-state index in [-0.39, 0.29) is 17.1 Å². The van der Waals surface area contributed by atoms with Gasteiger partial charge in [0.05, 0.1) is 13.0 Å². The van der Waals surface area contributed by atoms with Gasteiger partial charge in [-0.1, -0.05) is 0 Å². The van der Waals surface area contributed by atoms with Crippen molar-refractivity contribution < 1.29 is 41.0 Å². The SMILES string of the molecule is COc1cc(C(=O)CC(C(=O)[S-])C(F)(F)F)ccc1OC(F)F. The molecule has 128 valence electrons. The second kappa shape index (κ2) is 7.53. The number of methoxy groups -OCH3 is 1. The van der Waals surface area contributed by atoms with Gasteiger partial charge in [-0.3, -0.25) is 4.79 Å². The lowest BCUT2D eigenvalue weighted by molar-refractivity contribution is -0.175. The Morgan fingerprint density at radius 1 is 1.22 bits per heavy atom. The molecule has 0 fully saturated rings. The lowest BCUT2D eigenvalue weighted by atomic mass is 9.98. The molecule has 0 saturated heterocycles. The molecule has 1 atom stereocenters. The summed E-state index contributed by atoms with van der Waals surface area (Å²) in [5.41, 5.74) is -0.256. The zero-order valence-corrected chi connectivity index (χ0v) is 12.3. The molecule has 0 aliphatic carbocycles. The van der Waals surface area contributed by atoms with Crippen LogP contribution in [0.1, 0.15) is 16.8 Å². The zero-order chi connectivity index (χ0) is 17.8. The van der Waals surface area contributed by atoms with Crippen LogP contribution < -0.4 is 9.47 Å². The summed E-state index contributed by atoms with van der Waals surface area (Å²) in [6.45, 7) is -3.14. The molecule has 0 aliphatic heterocycles. The van der Waals surface area contributed by atoms with E-state index in [9.17, 15) is 31.5 Å². The van der Waals surface area contributed by atoms with E-state index in [1.807, 2.05) is 0 Å². The molecule has 4 nitrogen and oxygen atoms in total. The average molecular weight is 357 g/mol. The number of alkyl halides is 5. The first-order chi connectivity index (χ1) is 10.6. The molecule has 0 N–H and O–H groups in total. The van der Waals surface area contributed by atoms with Crippen molar-refractivity contribution in [3.63, 3.8) is 0 Å². The van der Waals surface area contributed by atoms with Crippen molar-refractivity contribution in [1.29, 1.82) is 0 Å². The fourth-order valence-corrected chi connectivity index (χ4v) is 1.89. The van der Waals surface area contributed by atoms with Crippen LogP contribution in [0.2, 0.25) is 0 Å². The third-order valence-electron chi connectivity index (χ3n) is 2.77. The van der Waals surface area contributed by atoms with Crippen molar-refractivity contribution in [1.82, 2.24) is 0 Å². The Bertz CT molecular complexity index is 588. The van der Waals surface area contributed by atoms with Crippen LogP contribution in [0.25, 0.3) is 0 Å². The normalized spacial score (nSPS) is 12.8. The van der Waals surface area contributed by atoms with E-state index in [4.69, 9.17) is 4.74 Å². The van der Waals surface area contributed by atoms with E-state index in [2.05, 4.69) is 17.4 Å². The van der Waals surface area contributed by atoms with Crippen LogP contribution >= 0.6 is 0 Å². The van der Waals surface area contributed by atoms with Crippen LogP contribution in [0.15, 0.2) is 18.2 Å². The summed E-state index contributed by atoms with van der Waals surface area (Å²) in [6, 6.07) is 2.89. The first kappa shape index (κ1) is 19.1. The summed E-state index contributed by atoms with van der Waals surface area (Å²) in [5.74, 6) is -4.28. The molecule has 1 unspecified atom stereocenters. The van der Waals surface area contributed by atoms with Gasteiger partial charge in [-0.05, 0) is 18.2 Å². The van der Waals surface area contributed by atoms with Crippen molar-refractivity contribution in [3.8, 4) is 11.5 Å². The third kappa shape index (κ3) is 5.31. The number of benzene rings is 1. The number of carbonyl (C=O) groups is 2. The number of hydrogen-bond acceptors (Lipinski definition) is 5. The van der Waals surface area contributed by atoms with Crippen molar-refractivity contribution in [2.24, 2.45) is 5.92 Å². The smallest absolute Gasteiger partial charge is 0.397 e.